The molecule has 3 aromatic rings. The predicted octanol–water partition coefficient (Wildman–Crippen LogP) is 3.38. The number of thioether (sulfide) groups is 1. The zero-order valence-electron chi connectivity index (χ0n) is 14.3. The van der Waals surface area contributed by atoms with Crippen LogP contribution in [0.25, 0.3) is 10.9 Å². The molecule has 6 heteroatoms. The third-order valence-electron chi connectivity index (χ3n) is 4.48. The van der Waals surface area contributed by atoms with E-state index in [1.807, 2.05) is 41.3 Å². The molecule has 0 spiro atoms. The Labute approximate surface area is 155 Å². The van der Waals surface area contributed by atoms with Crippen LogP contribution in [0.4, 0.5) is 5.69 Å². The Bertz CT molecular complexity index is 1020. The summed E-state index contributed by atoms with van der Waals surface area (Å²) in [6.45, 7) is 0.727. The first-order valence-electron chi connectivity index (χ1n) is 8.72. The van der Waals surface area contributed by atoms with Crippen molar-refractivity contribution in [1.82, 2.24) is 9.97 Å². The largest absolute Gasteiger partial charge is 0.311 e. The van der Waals surface area contributed by atoms with E-state index < -0.39 is 0 Å². The molecule has 0 bridgehead atoms. The normalized spacial score (nSPS) is 14.1. The highest BCUT2D eigenvalue weighted by atomic mass is 32.2. The van der Waals surface area contributed by atoms with Gasteiger partial charge in [-0.3, -0.25) is 9.59 Å². The molecule has 0 saturated carbocycles. The van der Waals surface area contributed by atoms with Crippen molar-refractivity contribution < 1.29 is 4.79 Å². The van der Waals surface area contributed by atoms with Gasteiger partial charge >= 0.3 is 0 Å². The molecule has 5 nitrogen and oxygen atoms in total. The van der Waals surface area contributed by atoms with Crippen LogP contribution in [0.15, 0.2) is 58.2 Å². The smallest absolute Gasteiger partial charge is 0.258 e. The van der Waals surface area contributed by atoms with E-state index in [1.165, 1.54) is 0 Å². The third-order valence-corrected chi connectivity index (χ3v) is 5.63. The number of carbonyl (C=O) groups excluding carboxylic acids is 1. The van der Waals surface area contributed by atoms with Crippen LogP contribution in [0.5, 0.6) is 0 Å². The number of anilines is 1. The number of amides is 1. The minimum atomic E-state index is -0.158. The monoisotopic (exact) mass is 365 g/mol. The molecule has 1 aromatic heterocycles. The van der Waals surface area contributed by atoms with Gasteiger partial charge in [0.25, 0.3) is 5.56 Å². The highest BCUT2D eigenvalue weighted by Gasteiger charge is 2.21. The molecule has 132 valence electrons. The summed E-state index contributed by atoms with van der Waals surface area (Å²) in [7, 11) is 0. The van der Waals surface area contributed by atoms with Crippen molar-refractivity contribution in [1.29, 1.82) is 0 Å². The number of nitrogens with one attached hydrogen (secondary N) is 1. The van der Waals surface area contributed by atoms with Gasteiger partial charge in [-0.25, -0.2) is 4.98 Å². The maximum atomic E-state index is 12.8. The molecule has 1 amide bonds. The lowest BCUT2D eigenvalue weighted by Gasteiger charge is -2.22. The van der Waals surface area contributed by atoms with E-state index in [9.17, 15) is 9.59 Å². The highest BCUT2D eigenvalue weighted by molar-refractivity contribution is 7.99. The minimum absolute atomic E-state index is 0.0655. The zero-order chi connectivity index (χ0) is 17.9. The van der Waals surface area contributed by atoms with Crippen molar-refractivity contribution in [2.45, 2.75) is 24.2 Å². The number of aryl methyl sites for hydroxylation is 1. The fourth-order valence-corrected chi connectivity index (χ4v) is 4.19. The SMILES string of the molecule is O=C(CCc1nc2ccccc2c(=O)[nH]1)N1CCCSc2ccccc21. The number of rotatable bonds is 3. The maximum absolute atomic E-state index is 12.8. The molecule has 26 heavy (non-hydrogen) atoms. The molecule has 0 saturated heterocycles. The second kappa shape index (κ2) is 7.33. The Morgan fingerprint density at radius 2 is 1.96 bits per heavy atom. The van der Waals surface area contributed by atoms with Gasteiger partial charge in [-0.1, -0.05) is 24.3 Å². The number of aromatic nitrogens is 2. The van der Waals surface area contributed by atoms with Gasteiger partial charge in [0, 0.05) is 24.3 Å². The molecule has 0 aliphatic carbocycles. The fourth-order valence-electron chi connectivity index (χ4n) is 3.20. The Kier molecular flexibility index (Phi) is 4.75. The van der Waals surface area contributed by atoms with Gasteiger partial charge in [0.1, 0.15) is 5.82 Å². The van der Waals surface area contributed by atoms with E-state index in [2.05, 4.69) is 16.0 Å². The average molecular weight is 365 g/mol. The molecule has 1 aliphatic heterocycles. The van der Waals surface area contributed by atoms with E-state index in [0.29, 0.717) is 29.6 Å². The topological polar surface area (TPSA) is 66.1 Å². The van der Waals surface area contributed by atoms with Crippen LogP contribution >= 0.6 is 11.8 Å². The first-order chi connectivity index (χ1) is 12.7. The number of para-hydroxylation sites is 2. The van der Waals surface area contributed by atoms with Crippen LogP contribution in [-0.4, -0.2) is 28.2 Å². The van der Waals surface area contributed by atoms with Crippen molar-refractivity contribution in [3.8, 4) is 0 Å². The lowest BCUT2D eigenvalue weighted by Crippen LogP contribution is -2.32. The van der Waals surface area contributed by atoms with E-state index >= 15 is 0 Å². The molecule has 2 aromatic carbocycles. The summed E-state index contributed by atoms with van der Waals surface area (Å²) in [5.74, 6) is 1.63. The molecule has 0 unspecified atom stereocenters. The standard InChI is InChI=1S/C20H19N3O2S/c24-19(23-12-5-13-26-17-9-4-3-8-16(17)23)11-10-18-21-15-7-2-1-6-14(15)20(25)22-18/h1-4,6-9H,5,10-13H2,(H,21,22,25). The maximum Gasteiger partial charge on any atom is 0.258 e. The molecular weight excluding hydrogens is 346 g/mol. The van der Waals surface area contributed by atoms with Crippen molar-refractivity contribution >= 4 is 34.3 Å². The van der Waals surface area contributed by atoms with Crippen molar-refractivity contribution in [3.05, 3.63) is 64.7 Å². The molecule has 1 N–H and O–H groups in total. The number of carbonyl (C=O) groups is 1. The van der Waals surface area contributed by atoms with Crippen LogP contribution in [0.1, 0.15) is 18.7 Å². The summed E-state index contributed by atoms with van der Waals surface area (Å²) in [4.78, 5) is 35.3. The van der Waals surface area contributed by atoms with Gasteiger partial charge in [0.05, 0.1) is 16.6 Å². The van der Waals surface area contributed by atoms with Gasteiger partial charge in [-0.2, -0.15) is 0 Å². The zero-order valence-corrected chi connectivity index (χ0v) is 15.1. The second-order valence-electron chi connectivity index (χ2n) is 6.24. The molecule has 2 heterocycles. The Balaban J connectivity index is 1.53. The minimum Gasteiger partial charge on any atom is -0.311 e. The number of nitrogens with zero attached hydrogens (tertiary/aromatic N) is 2. The molecule has 0 fully saturated rings. The lowest BCUT2D eigenvalue weighted by molar-refractivity contribution is -0.118. The Morgan fingerprint density at radius 3 is 2.88 bits per heavy atom. The quantitative estimate of drug-likeness (QED) is 0.773. The molecule has 1 aliphatic rings. The van der Waals surface area contributed by atoms with Crippen molar-refractivity contribution in [3.63, 3.8) is 0 Å². The van der Waals surface area contributed by atoms with Gasteiger partial charge in [-0.05, 0) is 36.4 Å². The number of aromatic amines is 1. The average Bonchev–Trinajstić information content (AvgIpc) is 2.89. The fraction of sp³-hybridized carbons (Fsp3) is 0.250. The first-order valence-corrected chi connectivity index (χ1v) is 9.71. The first kappa shape index (κ1) is 16.8. The van der Waals surface area contributed by atoms with E-state index in [-0.39, 0.29) is 11.5 Å². The van der Waals surface area contributed by atoms with E-state index in [4.69, 9.17) is 0 Å². The number of fused-ring (bicyclic) bond motifs is 2. The third kappa shape index (κ3) is 3.37. The van der Waals surface area contributed by atoms with Gasteiger partial charge < -0.3 is 9.88 Å². The van der Waals surface area contributed by atoms with Crippen LogP contribution in [0.3, 0.4) is 0 Å². The van der Waals surface area contributed by atoms with Gasteiger partial charge in [0.15, 0.2) is 0 Å². The van der Waals surface area contributed by atoms with Crippen LogP contribution in [0, 0.1) is 0 Å². The highest BCUT2D eigenvalue weighted by Crippen LogP contribution is 2.33. The second-order valence-corrected chi connectivity index (χ2v) is 7.38. The molecule has 0 radical (unpaired) electrons. The summed E-state index contributed by atoms with van der Waals surface area (Å²) < 4.78 is 0. The summed E-state index contributed by atoms with van der Waals surface area (Å²) >= 11 is 1.79. The van der Waals surface area contributed by atoms with Crippen LogP contribution in [0.2, 0.25) is 0 Å². The van der Waals surface area contributed by atoms with Crippen LogP contribution in [-0.2, 0) is 11.2 Å². The number of H-pyrrole nitrogens is 1. The summed E-state index contributed by atoms with van der Waals surface area (Å²) in [5.41, 5.74) is 1.49. The van der Waals surface area contributed by atoms with Crippen molar-refractivity contribution in [2.24, 2.45) is 0 Å². The predicted molar refractivity (Wildman–Crippen MR) is 105 cm³/mol. The van der Waals surface area contributed by atoms with E-state index in [0.717, 1.165) is 29.3 Å². The summed E-state index contributed by atoms with van der Waals surface area (Å²) in [6, 6.07) is 15.3. The summed E-state index contributed by atoms with van der Waals surface area (Å²) in [5, 5.41) is 0.570. The van der Waals surface area contributed by atoms with Crippen LogP contribution < -0.4 is 10.5 Å². The lowest BCUT2D eigenvalue weighted by atomic mass is 10.2. The number of hydrogen-bond acceptors (Lipinski definition) is 4. The summed E-state index contributed by atoms with van der Waals surface area (Å²) in [6.07, 6.45) is 1.71. The van der Waals surface area contributed by atoms with Gasteiger partial charge in [-0.15, -0.1) is 11.8 Å². The Hall–Kier alpha value is -2.60. The van der Waals surface area contributed by atoms with Crippen molar-refractivity contribution in [2.75, 3.05) is 17.2 Å². The van der Waals surface area contributed by atoms with E-state index in [1.54, 1.807) is 17.8 Å². The molecular formula is C20H19N3O2S. The molecule has 0 atom stereocenters. The number of hydrogen-bond donors (Lipinski definition) is 1. The van der Waals surface area contributed by atoms with Gasteiger partial charge in [0.2, 0.25) is 5.91 Å². The molecule has 4 rings (SSSR count). The number of benzene rings is 2. The Morgan fingerprint density at radius 1 is 1.15 bits per heavy atom.